The van der Waals surface area contributed by atoms with Gasteiger partial charge in [-0.1, -0.05) is 18.2 Å². The van der Waals surface area contributed by atoms with E-state index in [1.54, 1.807) is 30.3 Å². The average Bonchev–Trinajstić information content (AvgIpc) is 2.81. The van der Waals surface area contributed by atoms with Crippen molar-refractivity contribution < 1.29 is 19.8 Å². The van der Waals surface area contributed by atoms with Crippen LogP contribution in [0.25, 0.3) is 22.2 Å². The zero-order valence-electron chi connectivity index (χ0n) is 17.8. The van der Waals surface area contributed by atoms with Gasteiger partial charge in [-0.25, -0.2) is 9.78 Å². The van der Waals surface area contributed by atoms with Crippen LogP contribution in [-0.2, 0) is 0 Å². The normalized spacial score (nSPS) is 18.2. The van der Waals surface area contributed by atoms with Gasteiger partial charge >= 0.3 is 6.09 Å². The van der Waals surface area contributed by atoms with Crippen LogP contribution in [0, 0.1) is 11.8 Å². The van der Waals surface area contributed by atoms with Gasteiger partial charge < -0.3 is 20.8 Å². The van der Waals surface area contributed by atoms with Gasteiger partial charge in [0.25, 0.3) is 5.91 Å². The van der Waals surface area contributed by atoms with E-state index in [-0.39, 0.29) is 11.7 Å². The number of para-hydroxylation sites is 1. The predicted octanol–water partition coefficient (Wildman–Crippen LogP) is 4.41. The third-order valence-electron chi connectivity index (χ3n) is 6.18. The topological polar surface area (TPSA) is 112 Å². The molecule has 1 aromatic heterocycles. The van der Waals surface area contributed by atoms with E-state index in [9.17, 15) is 14.7 Å². The van der Waals surface area contributed by atoms with Crippen molar-refractivity contribution in [3.05, 3.63) is 60.2 Å². The SMILES string of the molecule is O=C(O)NC[C@H]1CC[C@H](CNC(=O)c2cc(-c3ccc(O)cc3)nc3ccccc23)CC1. The van der Waals surface area contributed by atoms with E-state index in [0.717, 1.165) is 42.1 Å². The summed E-state index contributed by atoms with van der Waals surface area (Å²) in [5.41, 5.74) is 2.84. The van der Waals surface area contributed by atoms with E-state index in [2.05, 4.69) is 10.6 Å². The molecule has 2 aromatic carbocycles. The number of nitrogens with one attached hydrogen (secondary N) is 2. The maximum atomic E-state index is 13.1. The Balaban J connectivity index is 1.45. The number of pyridine rings is 1. The van der Waals surface area contributed by atoms with Gasteiger partial charge in [0.15, 0.2) is 0 Å². The number of carbonyl (C=O) groups excluding carboxylic acids is 1. The highest BCUT2D eigenvalue weighted by molar-refractivity contribution is 6.07. The molecule has 1 heterocycles. The third-order valence-corrected chi connectivity index (χ3v) is 6.18. The first-order chi connectivity index (χ1) is 15.5. The summed E-state index contributed by atoms with van der Waals surface area (Å²) >= 11 is 0. The van der Waals surface area contributed by atoms with Crippen molar-refractivity contribution in [2.45, 2.75) is 25.7 Å². The van der Waals surface area contributed by atoms with Crippen LogP contribution in [0.4, 0.5) is 4.79 Å². The highest BCUT2D eigenvalue weighted by Gasteiger charge is 2.22. The first-order valence-corrected chi connectivity index (χ1v) is 10.9. The number of aromatic hydroxyl groups is 1. The Labute approximate surface area is 186 Å². The quantitative estimate of drug-likeness (QED) is 0.460. The number of amides is 2. The van der Waals surface area contributed by atoms with Crippen molar-refractivity contribution >= 4 is 22.9 Å². The monoisotopic (exact) mass is 433 g/mol. The number of carbonyl (C=O) groups is 2. The summed E-state index contributed by atoms with van der Waals surface area (Å²) in [6.45, 7) is 1.10. The van der Waals surface area contributed by atoms with E-state index < -0.39 is 6.09 Å². The number of fused-ring (bicyclic) bond motifs is 1. The summed E-state index contributed by atoms with van der Waals surface area (Å²) in [6.07, 6.45) is 2.90. The van der Waals surface area contributed by atoms with Gasteiger partial charge in [-0.15, -0.1) is 0 Å². The van der Waals surface area contributed by atoms with Crippen LogP contribution in [0.1, 0.15) is 36.0 Å². The number of phenols is 1. The molecule has 1 fully saturated rings. The van der Waals surface area contributed by atoms with Gasteiger partial charge in [-0.3, -0.25) is 4.79 Å². The maximum absolute atomic E-state index is 13.1. The Kier molecular flexibility index (Phi) is 6.54. The number of nitrogens with zero attached hydrogens (tertiary/aromatic N) is 1. The molecule has 1 aliphatic rings. The molecule has 7 nitrogen and oxygen atoms in total. The zero-order chi connectivity index (χ0) is 22.5. The van der Waals surface area contributed by atoms with Crippen LogP contribution in [-0.4, -0.2) is 40.3 Å². The zero-order valence-corrected chi connectivity index (χ0v) is 17.8. The molecule has 1 saturated carbocycles. The highest BCUT2D eigenvalue weighted by atomic mass is 16.4. The number of rotatable bonds is 6. The van der Waals surface area contributed by atoms with Crippen LogP contribution in [0.3, 0.4) is 0 Å². The lowest BCUT2D eigenvalue weighted by molar-refractivity contribution is 0.0942. The Morgan fingerprint density at radius 3 is 2.19 bits per heavy atom. The second-order valence-corrected chi connectivity index (χ2v) is 8.40. The van der Waals surface area contributed by atoms with Crippen LogP contribution >= 0.6 is 0 Å². The lowest BCUT2D eigenvalue weighted by Crippen LogP contribution is -2.34. The first-order valence-electron chi connectivity index (χ1n) is 10.9. The fraction of sp³-hybridized carbons (Fsp3) is 0.320. The summed E-state index contributed by atoms with van der Waals surface area (Å²) in [5, 5.41) is 24.7. The van der Waals surface area contributed by atoms with Crippen LogP contribution in [0.2, 0.25) is 0 Å². The molecule has 166 valence electrons. The fourth-order valence-electron chi connectivity index (χ4n) is 4.35. The first kappa shape index (κ1) is 21.6. The molecule has 0 spiro atoms. The average molecular weight is 434 g/mol. The number of phenolic OH excluding ortho intramolecular Hbond substituents is 1. The van der Waals surface area contributed by atoms with Crippen molar-refractivity contribution in [1.29, 1.82) is 0 Å². The van der Waals surface area contributed by atoms with Gasteiger partial charge in [0.1, 0.15) is 5.75 Å². The Morgan fingerprint density at radius 2 is 1.53 bits per heavy atom. The van der Waals surface area contributed by atoms with Gasteiger partial charge in [-0.2, -0.15) is 0 Å². The third kappa shape index (κ3) is 5.17. The molecule has 0 aliphatic heterocycles. The molecule has 0 unspecified atom stereocenters. The molecular formula is C25H27N3O4. The van der Waals surface area contributed by atoms with Crippen molar-refractivity contribution in [3.8, 4) is 17.0 Å². The van der Waals surface area contributed by atoms with Crippen molar-refractivity contribution in [1.82, 2.24) is 15.6 Å². The summed E-state index contributed by atoms with van der Waals surface area (Å²) in [4.78, 5) is 28.5. The second kappa shape index (κ2) is 9.68. The second-order valence-electron chi connectivity index (χ2n) is 8.40. The molecule has 0 radical (unpaired) electrons. The van der Waals surface area contributed by atoms with E-state index >= 15 is 0 Å². The molecule has 2 amide bonds. The number of benzene rings is 2. The van der Waals surface area contributed by atoms with Crippen molar-refractivity contribution in [2.24, 2.45) is 11.8 Å². The van der Waals surface area contributed by atoms with E-state index in [1.165, 1.54) is 0 Å². The Hall–Kier alpha value is -3.61. The Bertz CT molecular complexity index is 1110. The standard InChI is InChI=1S/C25H27N3O4/c29-19-11-9-18(10-12-19)23-13-21(20-3-1-2-4-22(20)28-23)24(30)26-14-16-5-7-17(8-6-16)15-27-25(31)32/h1-4,9-13,16-17,27,29H,5-8,14-15H2,(H,26,30)(H,31,32)/t16-,17-. The van der Waals surface area contributed by atoms with Crippen LogP contribution in [0.15, 0.2) is 54.6 Å². The molecule has 4 N–H and O–H groups in total. The molecule has 4 rings (SSSR count). The summed E-state index contributed by atoms with van der Waals surface area (Å²) in [7, 11) is 0. The smallest absolute Gasteiger partial charge is 0.404 e. The van der Waals surface area contributed by atoms with Gasteiger partial charge in [-0.05, 0) is 73.9 Å². The van der Waals surface area contributed by atoms with E-state index in [0.29, 0.717) is 36.2 Å². The molecule has 0 bridgehead atoms. The van der Waals surface area contributed by atoms with Crippen molar-refractivity contribution in [2.75, 3.05) is 13.1 Å². The lowest BCUT2D eigenvalue weighted by Gasteiger charge is -2.28. The fourth-order valence-corrected chi connectivity index (χ4v) is 4.35. The number of hydrogen-bond acceptors (Lipinski definition) is 4. The molecule has 1 aliphatic carbocycles. The van der Waals surface area contributed by atoms with E-state index in [4.69, 9.17) is 10.1 Å². The molecule has 3 aromatic rings. The summed E-state index contributed by atoms with van der Waals surface area (Å²) in [5.74, 6) is 0.819. The largest absolute Gasteiger partial charge is 0.508 e. The highest BCUT2D eigenvalue weighted by Crippen LogP contribution is 2.29. The van der Waals surface area contributed by atoms with Gasteiger partial charge in [0.05, 0.1) is 16.8 Å². The molecular weight excluding hydrogens is 406 g/mol. The minimum Gasteiger partial charge on any atom is -0.508 e. The predicted molar refractivity (Wildman–Crippen MR) is 123 cm³/mol. The summed E-state index contributed by atoms with van der Waals surface area (Å²) < 4.78 is 0. The van der Waals surface area contributed by atoms with Gasteiger partial charge in [0.2, 0.25) is 0 Å². The van der Waals surface area contributed by atoms with Crippen molar-refractivity contribution in [3.63, 3.8) is 0 Å². The number of aromatic nitrogens is 1. The molecule has 0 atom stereocenters. The Morgan fingerprint density at radius 1 is 0.906 bits per heavy atom. The van der Waals surface area contributed by atoms with E-state index in [1.807, 2.05) is 24.3 Å². The summed E-state index contributed by atoms with van der Waals surface area (Å²) in [6, 6.07) is 16.2. The van der Waals surface area contributed by atoms with Crippen LogP contribution < -0.4 is 10.6 Å². The minimum absolute atomic E-state index is 0.127. The molecule has 7 heteroatoms. The number of carboxylic acid groups (broad SMARTS) is 1. The van der Waals surface area contributed by atoms with Crippen LogP contribution in [0.5, 0.6) is 5.75 Å². The molecule has 0 saturated heterocycles. The lowest BCUT2D eigenvalue weighted by atomic mass is 9.82. The van der Waals surface area contributed by atoms with Gasteiger partial charge in [0, 0.05) is 24.0 Å². The minimum atomic E-state index is -0.976. The number of hydrogen-bond donors (Lipinski definition) is 4. The molecule has 32 heavy (non-hydrogen) atoms. The maximum Gasteiger partial charge on any atom is 0.404 e.